The second-order valence-corrected chi connectivity index (χ2v) is 4.80. The number of rotatable bonds is 7. The van der Waals surface area contributed by atoms with Crippen LogP contribution in [0.1, 0.15) is 66.2 Å². The smallest absolute Gasteiger partial charge is 0.306 e. The predicted molar refractivity (Wildman–Crippen MR) is 82.5 cm³/mol. The third-order valence-electron chi connectivity index (χ3n) is 2.74. The first-order valence-corrected chi connectivity index (χ1v) is 7.66. The van der Waals surface area contributed by atoms with Crippen LogP contribution in [0.2, 0.25) is 0 Å². The Morgan fingerprint density at radius 2 is 2.05 bits per heavy atom. The zero-order valence-corrected chi connectivity index (χ0v) is 13.3. The number of esters is 1. The highest BCUT2D eigenvalue weighted by atomic mass is 16.5. The molecular formula is C17H28O3. The maximum absolute atomic E-state index is 11.3. The van der Waals surface area contributed by atoms with Gasteiger partial charge in [-0.1, -0.05) is 32.1 Å². The Morgan fingerprint density at radius 3 is 2.60 bits per heavy atom. The second-order valence-electron chi connectivity index (χ2n) is 4.80. The molecule has 0 radical (unpaired) electrons. The Morgan fingerprint density at radius 1 is 1.35 bits per heavy atom. The van der Waals surface area contributed by atoms with Crippen molar-refractivity contribution in [1.82, 2.24) is 0 Å². The Kier molecular flexibility index (Phi) is 10.7. The molecule has 0 aromatic heterocycles. The molecule has 0 aromatic carbocycles. The van der Waals surface area contributed by atoms with Crippen molar-refractivity contribution in [2.45, 2.75) is 72.3 Å². The Bertz CT molecular complexity index is 351. The summed E-state index contributed by atoms with van der Waals surface area (Å²) in [4.78, 5) is 22.6. The molecule has 0 unspecified atom stereocenters. The van der Waals surface area contributed by atoms with E-state index >= 15 is 0 Å². The van der Waals surface area contributed by atoms with Crippen molar-refractivity contribution in [2.75, 3.05) is 0 Å². The lowest BCUT2D eigenvalue weighted by atomic mass is 10.1. The lowest BCUT2D eigenvalue weighted by Gasteiger charge is -2.06. The molecule has 3 heteroatoms. The lowest BCUT2D eigenvalue weighted by molar-refractivity contribution is -0.147. The molecular weight excluding hydrogens is 252 g/mol. The molecule has 0 saturated heterocycles. The standard InChI is InChI=1S/C15H22O3.C2H6/c1-12(2)18-15(17)11-6-4-3-5-8-13-9-7-10-14(13)16;1-2/h3,5,9,12H,4,6-8,10-11H2,1-2H3;1-2H3/b5-3-;. The SMILES string of the molecule is CC.CC(C)OC(=O)CCC/C=C\CC1=CCCC1=O. The number of allylic oxidation sites excluding steroid dienone is 4. The number of Topliss-reactive ketones (excluding diaryl/α,β-unsaturated/α-hetero) is 1. The molecule has 0 bridgehead atoms. The van der Waals surface area contributed by atoms with E-state index in [0.29, 0.717) is 12.8 Å². The number of ketones is 1. The molecule has 1 aliphatic carbocycles. The first-order chi connectivity index (χ1) is 9.59. The fraction of sp³-hybridized carbons (Fsp3) is 0.647. The van der Waals surface area contributed by atoms with Gasteiger partial charge in [-0.2, -0.15) is 0 Å². The molecule has 0 amide bonds. The average Bonchev–Trinajstić information content (AvgIpc) is 2.81. The highest BCUT2D eigenvalue weighted by Crippen LogP contribution is 2.17. The fourth-order valence-corrected chi connectivity index (χ4v) is 1.86. The molecule has 0 spiro atoms. The van der Waals surface area contributed by atoms with Gasteiger partial charge in [-0.25, -0.2) is 0 Å². The Balaban J connectivity index is 0.00000172. The van der Waals surface area contributed by atoms with E-state index in [-0.39, 0.29) is 17.9 Å². The van der Waals surface area contributed by atoms with E-state index in [0.717, 1.165) is 31.3 Å². The highest BCUT2D eigenvalue weighted by molar-refractivity contribution is 5.97. The minimum atomic E-state index is -0.132. The Hall–Kier alpha value is -1.38. The molecule has 0 heterocycles. The van der Waals surface area contributed by atoms with Gasteiger partial charge in [0.05, 0.1) is 6.10 Å². The molecule has 0 atom stereocenters. The van der Waals surface area contributed by atoms with Crippen LogP contribution in [0.25, 0.3) is 0 Å². The first-order valence-electron chi connectivity index (χ1n) is 7.66. The maximum Gasteiger partial charge on any atom is 0.306 e. The molecule has 0 N–H and O–H groups in total. The van der Waals surface area contributed by atoms with E-state index in [2.05, 4.69) is 0 Å². The molecule has 1 rings (SSSR count). The van der Waals surface area contributed by atoms with Gasteiger partial charge < -0.3 is 4.74 Å². The van der Waals surface area contributed by atoms with E-state index in [9.17, 15) is 9.59 Å². The van der Waals surface area contributed by atoms with Crippen molar-refractivity contribution in [3.63, 3.8) is 0 Å². The van der Waals surface area contributed by atoms with Crippen LogP contribution in [0, 0.1) is 0 Å². The van der Waals surface area contributed by atoms with Crippen LogP contribution < -0.4 is 0 Å². The zero-order chi connectivity index (χ0) is 15.4. The van der Waals surface area contributed by atoms with Crippen LogP contribution in [0.3, 0.4) is 0 Å². The summed E-state index contributed by atoms with van der Waals surface area (Å²) in [6.07, 6.45) is 10.5. The van der Waals surface area contributed by atoms with Gasteiger partial charge >= 0.3 is 5.97 Å². The lowest BCUT2D eigenvalue weighted by Crippen LogP contribution is -2.10. The average molecular weight is 280 g/mol. The molecule has 0 fully saturated rings. The number of hydrogen-bond donors (Lipinski definition) is 0. The van der Waals surface area contributed by atoms with Crippen LogP contribution in [-0.4, -0.2) is 17.9 Å². The largest absolute Gasteiger partial charge is 0.463 e. The van der Waals surface area contributed by atoms with Gasteiger partial charge in [-0.15, -0.1) is 0 Å². The molecule has 1 aliphatic rings. The van der Waals surface area contributed by atoms with Crippen molar-refractivity contribution in [1.29, 1.82) is 0 Å². The van der Waals surface area contributed by atoms with Gasteiger partial charge in [0.15, 0.2) is 5.78 Å². The third kappa shape index (κ3) is 8.68. The van der Waals surface area contributed by atoms with Crippen molar-refractivity contribution < 1.29 is 14.3 Å². The highest BCUT2D eigenvalue weighted by Gasteiger charge is 2.12. The quantitative estimate of drug-likeness (QED) is 0.395. The van der Waals surface area contributed by atoms with Crippen molar-refractivity contribution in [3.8, 4) is 0 Å². The van der Waals surface area contributed by atoms with Crippen molar-refractivity contribution in [2.24, 2.45) is 0 Å². The summed E-state index contributed by atoms with van der Waals surface area (Å²) in [7, 11) is 0. The van der Waals surface area contributed by atoms with E-state index < -0.39 is 0 Å². The van der Waals surface area contributed by atoms with Crippen LogP contribution in [0.5, 0.6) is 0 Å². The topological polar surface area (TPSA) is 43.4 Å². The normalized spacial score (nSPS) is 14.2. The number of carbonyl (C=O) groups is 2. The molecule has 0 aromatic rings. The monoisotopic (exact) mass is 280 g/mol. The summed E-state index contributed by atoms with van der Waals surface area (Å²) in [5, 5.41) is 0. The van der Waals surface area contributed by atoms with Gasteiger partial charge in [0.2, 0.25) is 0 Å². The molecule has 0 saturated carbocycles. The number of ether oxygens (including phenoxy) is 1. The fourth-order valence-electron chi connectivity index (χ4n) is 1.86. The molecule has 114 valence electrons. The Labute approximate surface area is 123 Å². The van der Waals surface area contributed by atoms with E-state index in [1.165, 1.54) is 0 Å². The van der Waals surface area contributed by atoms with Crippen LogP contribution >= 0.6 is 0 Å². The predicted octanol–water partition coefficient (Wildman–Crippen LogP) is 4.37. The van der Waals surface area contributed by atoms with Crippen LogP contribution in [-0.2, 0) is 14.3 Å². The van der Waals surface area contributed by atoms with Crippen molar-refractivity contribution >= 4 is 11.8 Å². The summed E-state index contributed by atoms with van der Waals surface area (Å²) < 4.78 is 5.04. The van der Waals surface area contributed by atoms with Gasteiger partial charge in [-0.3, -0.25) is 9.59 Å². The van der Waals surface area contributed by atoms with Crippen LogP contribution in [0.4, 0.5) is 0 Å². The maximum atomic E-state index is 11.3. The first kappa shape index (κ1) is 18.6. The number of carbonyl (C=O) groups excluding carboxylic acids is 2. The van der Waals surface area contributed by atoms with Crippen LogP contribution in [0.15, 0.2) is 23.8 Å². The van der Waals surface area contributed by atoms with Gasteiger partial charge in [0.25, 0.3) is 0 Å². The van der Waals surface area contributed by atoms with E-state index in [1.807, 2.05) is 45.9 Å². The third-order valence-corrected chi connectivity index (χ3v) is 2.74. The van der Waals surface area contributed by atoms with Crippen molar-refractivity contribution in [3.05, 3.63) is 23.8 Å². The van der Waals surface area contributed by atoms with Gasteiger partial charge in [0, 0.05) is 12.8 Å². The summed E-state index contributed by atoms with van der Waals surface area (Å²) in [6.45, 7) is 7.70. The summed E-state index contributed by atoms with van der Waals surface area (Å²) in [6, 6.07) is 0. The minimum Gasteiger partial charge on any atom is -0.463 e. The second kappa shape index (κ2) is 11.4. The van der Waals surface area contributed by atoms with E-state index in [1.54, 1.807) is 0 Å². The van der Waals surface area contributed by atoms with Gasteiger partial charge in [0.1, 0.15) is 0 Å². The number of unbranched alkanes of at least 4 members (excludes halogenated alkanes) is 1. The number of hydrogen-bond acceptors (Lipinski definition) is 3. The summed E-state index contributed by atoms with van der Waals surface area (Å²) >= 11 is 0. The molecule has 3 nitrogen and oxygen atoms in total. The summed E-state index contributed by atoms with van der Waals surface area (Å²) in [5.41, 5.74) is 0.936. The summed E-state index contributed by atoms with van der Waals surface area (Å²) in [5.74, 6) is 0.146. The zero-order valence-electron chi connectivity index (χ0n) is 13.3. The van der Waals surface area contributed by atoms with Gasteiger partial charge in [-0.05, 0) is 45.1 Å². The van der Waals surface area contributed by atoms with E-state index in [4.69, 9.17) is 4.74 Å². The molecule has 0 aliphatic heterocycles. The minimum absolute atomic E-state index is 0.0339. The molecule has 20 heavy (non-hydrogen) atoms.